The van der Waals surface area contributed by atoms with Crippen molar-refractivity contribution in [2.45, 2.75) is 33.7 Å². The van der Waals surface area contributed by atoms with Gasteiger partial charge in [0.05, 0.1) is 25.4 Å². The lowest BCUT2D eigenvalue weighted by Crippen LogP contribution is -2.37. The van der Waals surface area contributed by atoms with Gasteiger partial charge in [0, 0.05) is 11.4 Å². The molecule has 1 atom stereocenters. The van der Waals surface area contributed by atoms with Gasteiger partial charge in [-0.1, -0.05) is 35.4 Å². The molecule has 0 saturated carbocycles. The number of carbonyl (C=O) groups is 1. The Morgan fingerprint density at radius 3 is 2.00 bits per heavy atom. The molecule has 3 rings (SSSR count). The van der Waals surface area contributed by atoms with Gasteiger partial charge in [0.1, 0.15) is 5.70 Å². The van der Waals surface area contributed by atoms with Crippen LogP contribution in [-0.4, -0.2) is 31.3 Å². The molecule has 7 heteroatoms. The van der Waals surface area contributed by atoms with E-state index in [1.54, 1.807) is 18.7 Å². The Kier molecular flexibility index (Phi) is 7.14. The Morgan fingerprint density at radius 2 is 1.47 bits per heavy atom. The first-order valence-electron chi connectivity index (χ1n) is 10.2. The van der Waals surface area contributed by atoms with Crippen LogP contribution in [0.1, 0.15) is 25.0 Å². The molecule has 1 aliphatic heterocycles. The van der Waals surface area contributed by atoms with E-state index in [-0.39, 0.29) is 25.3 Å². The van der Waals surface area contributed by atoms with Gasteiger partial charge >= 0.3 is 7.60 Å². The molecule has 1 N–H and O–H groups in total. The monoisotopic (exact) mass is 428 g/mol. The van der Waals surface area contributed by atoms with Gasteiger partial charge < -0.3 is 14.4 Å². The first-order chi connectivity index (χ1) is 14.3. The van der Waals surface area contributed by atoms with Crippen molar-refractivity contribution < 1.29 is 18.4 Å². The highest BCUT2D eigenvalue weighted by Gasteiger charge is 2.39. The molecule has 0 radical (unpaired) electrons. The van der Waals surface area contributed by atoms with Gasteiger partial charge in [-0.05, 0) is 58.0 Å². The molecule has 1 heterocycles. The number of amides is 1. The number of carbonyl (C=O) groups excluding carboxylic acids is 1. The van der Waals surface area contributed by atoms with Crippen LogP contribution in [0.4, 0.5) is 11.4 Å². The van der Waals surface area contributed by atoms with E-state index in [0.29, 0.717) is 5.70 Å². The third-order valence-electron chi connectivity index (χ3n) is 4.84. The lowest BCUT2D eigenvalue weighted by Gasteiger charge is -2.27. The average molecular weight is 428 g/mol. The highest BCUT2D eigenvalue weighted by molar-refractivity contribution is 7.53. The molecule has 0 fully saturated rings. The molecular formula is C23H29N2O4P. The molecule has 1 amide bonds. The molecule has 160 valence electrons. The summed E-state index contributed by atoms with van der Waals surface area (Å²) < 4.78 is 24.1. The summed E-state index contributed by atoms with van der Waals surface area (Å²) in [5.74, 6) is -0.177. The summed E-state index contributed by atoms with van der Waals surface area (Å²) in [4.78, 5) is 15.0. The Morgan fingerprint density at radius 1 is 0.933 bits per heavy atom. The zero-order valence-corrected chi connectivity index (χ0v) is 18.8. The van der Waals surface area contributed by atoms with Crippen molar-refractivity contribution in [3.05, 3.63) is 71.4 Å². The van der Waals surface area contributed by atoms with Crippen LogP contribution in [0.3, 0.4) is 0 Å². The number of nitrogens with one attached hydrogen (secondary N) is 1. The number of rotatable bonds is 9. The number of hydrogen-bond donors (Lipinski definition) is 1. The topological polar surface area (TPSA) is 67.9 Å². The van der Waals surface area contributed by atoms with E-state index in [1.165, 1.54) is 0 Å². The van der Waals surface area contributed by atoms with Crippen molar-refractivity contribution in [2.75, 3.05) is 29.6 Å². The number of hydrogen-bond acceptors (Lipinski definition) is 5. The molecule has 6 nitrogen and oxygen atoms in total. The number of anilines is 2. The van der Waals surface area contributed by atoms with Crippen molar-refractivity contribution in [2.24, 2.45) is 0 Å². The van der Waals surface area contributed by atoms with Crippen LogP contribution < -0.4 is 10.2 Å². The van der Waals surface area contributed by atoms with Crippen LogP contribution in [-0.2, 0) is 18.4 Å². The minimum absolute atomic E-state index is 0.0906. The predicted octanol–water partition coefficient (Wildman–Crippen LogP) is 5.28. The zero-order chi connectivity index (χ0) is 21.7. The Labute approximate surface area is 178 Å². The number of benzene rings is 2. The van der Waals surface area contributed by atoms with Crippen molar-refractivity contribution >= 4 is 24.9 Å². The van der Waals surface area contributed by atoms with E-state index >= 15 is 0 Å². The molecule has 0 aromatic heterocycles. The Bertz CT molecular complexity index is 944. The summed E-state index contributed by atoms with van der Waals surface area (Å²) >= 11 is 0. The van der Waals surface area contributed by atoms with Crippen molar-refractivity contribution in [1.29, 1.82) is 0 Å². The fraction of sp³-hybridized carbons (Fsp3) is 0.348. The van der Waals surface area contributed by atoms with E-state index in [1.807, 2.05) is 68.5 Å². The number of aryl methyl sites for hydroxylation is 2. The smallest absolute Gasteiger partial charge is 0.333 e. The molecule has 1 aliphatic rings. The maximum atomic E-state index is 13.3. The van der Waals surface area contributed by atoms with E-state index in [4.69, 9.17) is 9.05 Å². The lowest BCUT2D eigenvalue weighted by molar-refractivity contribution is -0.114. The second-order valence-corrected chi connectivity index (χ2v) is 9.38. The molecule has 2 aromatic carbocycles. The van der Waals surface area contributed by atoms with E-state index in [0.717, 1.165) is 22.5 Å². The summed E-state index contributed by atoms with van der Waals surface area (Å²) in [7, 11) is -3.34. The molecule has 0 saturated heterocycles. The number of nitrogens with zero attached hydrogens (tertiary/aromatic N) is 1. The summed E-state index contributed by atoms with van der Waals surface area (Å²) in [6.07, 6.45) is 1.90. The van der Waals surface area contributed by atoms with Gasteiger partial charge in [-0.2, -0.15) is 0 Å². The fourth-order valence-electron chi connectivity index (χ4n) is 3.42. The summed E-state index contributed by atoms with van der Waals surface area (Å²) in [5.41, 5.74) is 4.25. The minimum Gasteiger partial charge on any atom is -0.351 e. The normalized spacial score (nSPS) is 16.7. The van der Waals surface area contributed by atoms with Crippen LogP contribution in [0.2, 0.25) is 0 Å². The van der Waals surface area contributed by atoms with E-state index < -0.39 is 13.6 Å². The predicted molar refractivity (Wildman–Crippen MR) is 121 cm³/mol. The molecule has 2 aromatic rings. The van der Waals surface area contributed by atoms with Crippen molar-refractivity contribution in [3.63, 3.8) is 0 Å². The standard InChI is InChI=1S/C23H29N2O4P/c1-5-28-30(27,29-6-2)16-21-15-22(24-19-11-7-17(3)8-12-19)23(26)25(21)20-13-9-18(4)10-14-20/h7-15,21,24H,5-6,16H2,1-4H3/t21-/m0/s1. The van der Waals surface area contributed by atoms with Gasteiger partial charge in [-0.25, -0.2) is 0 Å². The maximum Gasteiger partial charge on any atom is 0.333 e. The van der Waals surface area contributed by atoms with Gasteiger partial charge in [0.2, 0.25) is 0 Å². The van der Waals surface area contributed by atoms with Crippen LogP contribution >= 0.6 is 7.60 Å². The zero-order valence-electron chi connectivity index (χ0n) is 17.9. The van der Waals surface area contributed by atoms with Gasteiger partial charge in [0.15, 0.2) is 0 Å². The third kappa shape index (κ3) is 5.20. The molecule has 0 spiro atoms. The highest BCUT2D eigenvalue weighted by atomic mass is 31.2. The quantitative estimate of drug-likeness (QED) is 0.551. The SMILES string of the molecule is CCOP(=O)(C[C@@H]1C=C(Nc2ccc(C)cc2)C(=O)N1c1ccc(C)cc1)OCC. The van der Waals surface area contributed by atoms with Crippen LogP contribution in [0.15, 0.2) is 60.3 Å². The summed E-state index contributed by atoms with van der Waals surface area (Å²) in [6.45, 7) is 8.13. The summed E-state index contributed by atoms with van der Waals surface area (Å²) in [6, 6.07) is 15.1. The molecular weight excluding hydrogens is 399 g/mol. The minimum atomic E-state index is -3.34. The summed E-state index contributed by atoms with van der Waals surface area (Å²) in [5, 5.41) is 3.21. The molecule has 0 unspecified atom stereocenters. The fourth-order valence-corrected chi connectivity index (χ4v) is 5.22. The third-order valence-corrected chi connectivity index (χ3v) is 6.97. The van der Waals surface area contributed by atoms with Crippen LogP contribution in [0.25, 0.3) is 0 Å². The second kappa shape index (κ2) is 9.61. The lowest BCUT2D eigenvalue weighted by atomic mass is 10.2. The van der Waals surface area contributed by atoms with Gasteiger partial charge in [-0.15, -0.1) is 0 Å². The molecule has 0 bridgehead atoms. The van der Waals surface area contributed by atoms with Crippen molar-refractivity contribution in [3.8, 4) is 0 Å². The highest BCUT2D eigenvalue weighted by Crippen LogP contribution is 2.50. The second-order valence-electron chi connectivity index (χ2n) is 7.28. The molecule has 30 heavy (non-hydrogen) atoms. The van der Waals surface area contributed by atoms with Crippen LogP contribution in [0.5, 0.6) is 0 Å². The van der Waals surface area contributed by atoms with Gasteiger partial charge in [0.25, 0.3) is 5.91 Å². The molecule has 0 aliphatic carbocycles. The maximum absolute atomic E-state index is 13.3. The average Bonchev–Trinajstić information content (AvgIpc) is 2.99. The van der Waals surface area contributed by atoms with Crippen LogP contribution in [0, 0.1) is 13.8 Å². The van der Waals surface area contributed by atoms with Gasteiger partial charge in [-0.3, -0.25) is 14.3 Å². The van der Waals surface area contributed by atoms with Crippen molar-refractivity contribution in [1.82, 2.24) is 0 Å². The first kappa shape index (κ1) is 22.3. The largest absolute Gasteiger partial charge is 0.351 e. The Balaban J connectivity index is 1.93. The first-order valence-corrected chi connectivity index (χ1v) is 11.9. The van der Waals surface area contributed by atoms with E-state index in [9.17, 15) is 9.36 Å². The Hall–Kier alpha value is -2.40. The van der Waals surface area contributed by atoms with E-state index in [2.05, 4.69) is 5.32 Å².